The van der Waals surface area contributed by atoms with Gasteiger partial charge < -0.3 is 19.3 Å². The summed E-state index contributed by atoms with van der Waals surface area (Å²) in [5.74, 6) is 0.289. The molecule has 1 saturated heterocycles. The number of carboxylic acids is 1. The van der Waals surface area contributed by atoms with Crippen molar-refractivity contribution in [2.45, 2.75) is 44.3 Å². The molecule has 162 valence electrons. The van der Waals surface area contributed by atoms with Gasteiger partial charge in [-0.1, -0.05) is 11.6 Å². The molecule has 1 aliphatic heterocycles. The third-order valence-corrected chi connectivity index (χ3v) is 5.45. The van der Waals surface area contributed by atoms with Crippen LogP contribution >= 0.6 is 11.6 Å². The summed E-state index contributed by atoms with van der Waals surface area (Å²) in [4.78, 5) is 20.6. The highest BCUT2D eigenvalue weighted by Gasteiger charge is 2.39. The van der Waals surface area contributed by atoms with Crippen molar-refractivity contribution in [2.24, 2.45) is 0 Å². The van der Waals surface area contributed by atoms with Gasteiger partial charge in [0.05, 0.1) is 23.3 Å². The van der Waals surface area contributed by atoms with Gasteiger partial charge in [-0.05, 0) is 68.7 Å². The van der Waals surface area contributed by atoms with E-state index < -0.39 is 11.6 Å². The van der Waals surface area contributed by atoms with Crippen LogP contribution in [-0.4, -0.2) is 39.4 Å². The first-order chi connectivity index (χ1) is 14.9. The molecule has 2 aromatic carbocycles. The number of hydrogen-bond donors (Lipinski definition) is 1. The Morgan fingerprint density at radius 1 is 1.19 bits per heavy atom. The van der Waals surface area contributed by atoms with E-state index in [0.29, 0.717) is 40.0 Å². The van der Waals surface area contributed by atoms with Crippen molar-refractivity contribution in [3.63, 3.8) is 0 Å². The summed E-state index contributed by atoms with van der Waals surface area (Å²) in [6, 6.07) is 12.0. The van der Waals surface area contributed by atoms with Crippen molar-refractivity contribution in [2.75, 3.05) is 6.61 Å². The van der Waals surface area contributed by atoms with Crippen molar-refractivity contribution in [1.29, 1.82) is 0 Å². The number of fused-ring (bicyclic) bond motifs is 1. The molecule has 2 unspecified atom stereocenters. The predicted octanol–water partition coefficient (Wildman–Crippen LogP) is 5.26. The average Bonchev–Trinajstić information content (AvgIpc) is 2.76. The third-order valence-electron chi connectivity index (χ3n) is 5.22. The number of benzene rings is 2. The molecule has 31 heavy (non-hydrogen) atoms. The van der Waals surface area contributed by atoms with Crippen LogP contribution in [-0.2, 0) is 9.53 Å². The minimum atomic E-state index is -1.38. The topological polar surface area (TPSA) is 90.8 Å². The molecule has 0 saturated carbocycles. The maximum Gasteiger partial charge on any atom is 0.347 e. The molecule has 7 nitrogen and oxygen atoms in total. The number of halogens is 1. The molecule has 4 rings (SSSR count). The quantitative estimate of drug-likeness (QED) is 0.533. The highest BCUT2D eigenvalue weighted by molar-refractivity contribution is 6.31. The van der Waals surface area contributed by atoms with Gasteiger partial charge >= 0.3 is 5.97 Å². The second-order valence-electron chi connectivity index (χ2n) is 7.75. The molecular weight excluding hydrogens is 420 g/mol. The van der Waals surface area contributed by atoms with Gasteiger partial charge in [0.15, 0.2) is 0 Å². The van der Waals surface area contributed by atoms with Gasteiger partial charge in [0, 0.05) is 18.1 Å². The SMILES string of the molecule is CC(CC1CCCCO1)(Oc1ccc(Oc2cnc3cc(Cl)ccc3n2)cc1)C(=O)O. The van der Waals surface area contributed by atoms with Gasteiger partial charge in [0.25, 0.3) is 0 Å². The smallest absolute Gasteiger partial charge is 0.347 e. The Balaban J connectivity index is 1.44. The lowest BCUT2D eigenvalue weighted by Crippen LogP contribution is -2.45. The fourth-order valence-corrected chi connectivity index (χ4v) is 3.71. The fraction of sp³-hybridized carbons (Fsp3) is 0.348. The number of aliphatic carboxylic acids is 1. The molecule has 8 heteroatoms. The molecule has 0 bridgehead atoms. The Morgan fingerprint density at radius 3 is 2.68 bits per heavy atom. The van der Waals surface area contributed by atoms with Gasteiger partial charge in [-0.25, -0.2) is 14.8 Å². The number of carbonyl (C=O) groups is 1. The molecule has 3 aromatic rings. The monoisotopic (exact) mass is 442 g/mol. The second kappa shape index (κ2) is 9.08. The fourth-order valence-electron chi connectivity index (χ4n) is 3.55. The van der Waals surface area contributed by atoms with Gasteiger partial charge in [0.2, 0.25) is 11.5 Å². The van der Waals surface area contributed by atoms with E-state index in [9.17, 15) is 9.90 Å². The molecule has 0 radical (unpaired) electrons. The number of hydrogen-bond acceptors (Lipinski definition) is 6. The van der Waals surface area contributed by atoms with Crippen LogP contribution in [0.5, 0.6) is 17.4 Å². The standard InChI is InChI=1S/C23H23ClN2O5/c1-23(22(27)28,13-18-4-2-3-11-29-18)31-17-8-6-16(7-9-17)30-21-14-25-20-12-15(24)5-10-19(20)26-21/h5-10,12,14,18H,2-4,11,13H2,1H3,(H,27,28). The van der Waals surface area contributed by atoms with Crippen LogP contribution in [0.15, 0.2) is 48.7 Å². The summed E-state index contributed by atoms with van der Waals surface area (Å²) in [7, 11) is 0. The Morgan fingerprint density at radius 2 is 1.97 bits per heavy atom. The average molecular weight is 443 g/mol. The number of ether oxygens (including phenoxy) is 3. The summed E-state index contributed by atoms with van der Waals surface area (Å²) in [6.45, 7) is 2.24. The molecule has 0 spiro atoms. The Bertz CT molecular complexity index is 1070. The van der Waals surface area contributed by atoms with Crippen molar-refractivity contribution in [3.05, 3.63) is 53.7 Å². The largest absolute Gasteiger partial charge is 0.478 e. The van der Waals surface area contributed by atoms with E-state index in [1.165, 1.54) is 6.20 Å². The van der Waals surface area contributed by atoms with Crippen LogP contribution in [0, 0.1) is 0 Å². The summed E-state index contributed by atoms with van der Waals surface area (Å²) < 4.78 is 17.3. The van der Waals surface area contributed by atoms with E-state index in [1.807, 2.05) is 0 Å². The van der Waals surface area contributed by atoms with Gasteiger partial charge in [-0.3, -0.25) is 0 Å². The van der Waals surface area contributed by atoms with Crippen LogP contribution in [0.1, 0.15) is 32.6 Å². The third kappa shape index (κ3) is 5.24. The Hall–Kier alpha value is -2.90. The zero-order valence-corrected chi connectivity index (χ0v) is 17.8. The maximum absolute atomic E-state index is 11.9. The molecule has 1 aliphatic rings. The lowest BCUT2D eigenvalue weighted by atomic mass is 9.94. The second-order valence-corrected chi connectivity index (χ2v) is 8.18. The molecular formula is C23H23ClN2O5. The predicted molar refractivity (Wildman–Crippen MR) is 116 cm³/mol. The maximum atomic E-state index is 11.9. The first-order valence-corrected chi connectivity index (χ1v) is 10.5. The highest BCUT2D eigenvalue weighted by Crippen LogP contribution is 2.30. The lowest BCUT2D eigenvalue weighted by Gasteiger charge is -2.32. The Kier molecular flexibility index (Phi) is 6.25. The van der Waals surface area contributed by atoms with E-state index >= 15 is 0 Å². The zero-order chi connectivity index (χ0) is 21.8. The van der Waals surface area contributed by atoms with Crippen LogP contribution in [0.4, 0.5) is 0 Å². The zero-order valence-electron chi connectivity index (χ0n) is 17.1. The van der Waals surface area contributed by atoms with E-state index in [0.717, 1.165) is 19.3 Å². The molecule has 1 aromatic heterocycles. The molecule has 1 fully saturated rings. The van der Waals surface area contributed by atoms with Crippen molar-refractivity contribution in [1.82, 2.24) is 9.97 Å². The van der Waals surface area contributed by atoms with Crippen molar-refractivity contribution in [3.8, 4) is 17.4 Å². The normalized spacial score (nSPS) is 18.3. The van der Waals surface area contributed by atoms with Crippen LogP contribution in [0.2, 0.25) is 5.02 Å². The molecule has 1 N–H and O–H groups in total. The summed E-state index contributed by atoms with van der Waals surface area (Å²) in [6.07, 6.45) is 4.60. The number of aromatic nitrogens is 2. The minimum Gasteiger partial charge on any atom is -0.478 e. The van der Waals surface area contributed by atoms with E-state index in [2.05, 4.69) is 9.97 Å². The van der Waals surface area contributed by atoms with E-state index in [-0.39, 0.29) is 12.5 Å². The Labute approximate surface area is 184 Å². The van der Waals surface area contributed by atoms with Gasteiger partial charge in [0.1, 0.15) is 11.5 Å². The molecule has 0 aliphatic carbocycles. The number of rotatable bonds is 7. The minimum absolute atomic E-state index is 0.112. The van der Waals surface area contributed by atoms with Crippen LogP contribution < -0.4 is 9.47 Å². The first-order valence-electron chi connectivity index (χ1n) is 10.2. The molecule has 2 atom stereocenters. The van der Waals surface area contributed by atoms with E-state index in [1.54, 1.807) is 49.4 Å². The van der Waals surface area contributed by atoms with Crippen molar-refractivity contribution < 1.29 is 24.1 Å². The number of nitrogens with zero attached hydrogens (tertiary/aromatic N) is 2. The van der Waals surface area contributed by atoms with Crippen LogP contribution in [0.25, 0.3) is 11.0 Å². The van der Waals surface area contributed by atoms with Crippen molar-refractivity contribution >= 4 is 28.6 Å². The lowest BCUT2D eigenvalue weighted by molar-refractivity contribution is -0.158. The number of carboxylic acid groups (broad SMARTS) is 1. The molecule has 2 heterocycles. The van der Waals surface area contributed by atoms with Gasteiger partial charge in [-0.15, -0.1) is 0 Å². The summed E-state index contributed by atoms with van der Waals surface area (Å²) in [5.41, 5.74) is -0.0299. The molecule has 0 amide bonds. The van der Waals surface area contributed by atoms with Gasteiger partial charge in [-0.2, -0.15) is 0 Å². The van der Waals surface area contributed by atoms with Crippen LogP contribution in [0.3, 0.4) is 0 Å². The summed E-state index contributed by atoms with van der Waals surface area (Å²) in [5, 5.41) is 10.3. The highest BCUT2D eigenvalue weighted by atomic mass is 35.5. The summed E-state index contributed by atoms with van der Waals surface area (Å²) >= 11 is 5.97. The first kappa shape index (κ1) is 21.3. The van der Waals surface area contributed by atoms with E-state index in [4.69, 9.17) is 25.8 Å².